The van der Waals surface area contributed by atoms with E-state index in [4.69, 9.17) is 0 Å². The Labute approximate surface area is 182 Å². The zero-order valence-electron chi connectivity index (χ0n) is 17.4. The summed E-state index contributed by atoms with van der Waals surface area (Å²) in [5.41, 5.74) is -0.870. The molecule has 1 saturated heterocycles. The average Bonchev–Trinajstić information content (AvgIpc) is 3.17. The topological polar surface area (TPSA) is 120 Å². The van der Waals surface area contributed by atoms with E-state index >= 15 is 0 Å². The Bertz CT molecular complexity index is 1240. The molecule has 0 saturated carbocycles. The Kier molecular flexibility index (Phi) is 5.17. The highest BCUT2D eigenvalue weighted by Gasteiger charge is 2.53. The van der Waals surface area contributed by atoms with Crippen LogP contribution in [0.4, 0.5) is 10.1 Å². The number of aromatic amines is 1. The SMILES string of the molecule is CN1C(=O)[C@](O)(Cc2cccc(F)c2)N(C)C(=O)[C@@H]1Cc1c[nH]c2cccc([N+](=O)[O-])c12. The van der Waals surface area contributed by atoms with Crippen molar-refractivity contribution in [2.45, 2.75) is 24.6 Å². The molecule has 1 aliphatic rings. The van der Waals surface area contributed by atoms with Crippen molar-refractivity contribution in [3.05, 3.63) is 75.7 Å². The molecule has 2 amide bonds. The summed E-state index contributed by atoms with van der Waals surface area (Å²) in [4.78, 5) is 42.4. The van der Waals surface area contributed by atoms with Gasteiger partial charge in [-0.05, 0) is 29.3 Å². The highest BCUT2D eigenvalue weighted by molar-refractivity contribution is 5.99. The zero-order valence-corrected chi connectivity index (χ0v) is 17.4. The van der Waals surface area contributed by atoms with Gasteiger partial charge in [-0.15, -0.1) is 0 Å². The predicted octanol–water partition coefficient (Wildman–Crippen LogP) is 1.99. The summed E-state index contributed by atoms with van der Waals surface area (Å²) in [6.45, 7) is 0. The Balaban J connectivity index is 1.66. The van der Waals surface area contributed by atoms with Crippen LogP contribution in [0, 0.1) is 15.9 Å². The standard InChI is InChI=1S/C22H21FN4O5/c1-25-18(10-14-12-24-16-7-4-8-17(19(14)16)27(31)32)20(28)26(2)22(30,21(25)29)11-13-5-3-6-15(23)9-13/h3-9,12,18,24,30H,10-11H2,1-2H3/t18-,22+/m0/s1. The number of hydrogen-bond acceptors (Lipinski definition) is 5. The number of hydrogen-bond donors (Lipinski definition) is 2. The summed E-state index contributed by atoms with van der Waals surface area (Å²) in [5.74, 6) is -1.77. The number of carbonyl (C=O) groups is 2. The van der Waals surface area contributed by atoms with E-state index in [0.717, 1.165) is 9.80 Å². The van der Waals surface area contributed by atoms with E-state index in [1.54, 1.807) is 24.4 Å². The van der Waals surface area contributed by atoms with Gasteiger partial charge in [0.15, 0.2) is 0 Å². The maximum absolute atomic E-state index is 13.6. The van der Waals surface area contributed by atoms with Crippen LogP contribution >= 0.6 is 0 Å². The molecule has 32 heavy (non-hydrogen) atoms. The van der Waals surface area contributed by atoms with Crippen molar-refractivity contribution in [3.8, 4) is 0 Å². The number of rotatable bonds is 5. The number of aromatic nitrogens is 1. The number of nitro groups is 1. The van der Waals surface area contributed by atoms with Gasteiger partial charge in [0.05, 0.1) is 15.8 Å². The molecule has 0 aliphatic carbocycles. The molecule has 2 N–H and O–H groups in total. The van der Waals surface area contributed by atoms with Gasteiger partial charge in [-0.2, -0.15) is 0 Å². The normalized spacial score (nSPS) is 21.4. The highest BCUT2D eigenvalue weighted by atomic mass is 19.1. The second-order valence-electron chi connectivity index (χ2n) is 7.93. The number of non-ortho nitro benzene ring substituents is 1. The first-order chi connectivity index (χ1) is 15.1. The number of likely N-dealkylation sites (N-methyl/N-ethyl adjacent to an activating group) is 2. The van der Waals surface area contributed by atoms with Gasteiger partial charge in [0, 0.05) is 39.2 Å². The van der Waals surface area contributed by atoms with Crippen LogP contribution < -0.4 is 0 Å². The lowest BCUT2D eigenvalue weighted by molar-refractivity contribution is -0.383. The van der Waals surface area contributed by atoms with Gasteiger partial charge in [-0.3, -0.25) is 19.7 Å². The number of nitrogens with zero attached hydrogens (tertiary/aromatic N) is 3. The largest absolute Gasteiger partial charge is 0.363 e. The Morgan fingerprint density at radius 2 is 1.94 bits per heavy atom. The van der Waals surface area contributed by atoms with E-state index in [-0.39, 0.29) is 18.5 Å². The summed E-state index contributed by atoms with van der Waals surface area (Å²) < 4.78 is 13.6. The molecule has 4 rings (SSSR count). The van der Waals surface area contributed by atoms with Crippen LogP contribution in [0.1, 0.15) is 11.1 Å². The Morgan fingerprint density at radius 1 is 1.22 bits per heavy atom. The van der Waals surface area contributed by atoms with Crippen LogP contribution in [0.25, 0.3) is 10.9 Å². The number of nitro benzene ring substituents is 1. The third-order valence-corrected chi connectivity index (χ3v) is 6.02. The van der Waals surface area contributed by atoms with Gasteiger partial charge < -0.3 is 19.9 Å². The van der Waals surface area contributed by atoms with E-state index in [2.05, 4.69) is 4.98 Å². The highest BCUT2D eigenvalue weighted by Crippen LogP contribution is 2.33. The van der Waals surface area contributed by atoms with E-state index in [1.807, 2.05) is 0 Å². The van der Waals surface area contributed by atoms with Crippen molar-refractivity contribution in [3.63, 3.8) is 0 Å². The smallest absolute Gasteiger partial charge is 0.279 e. The lowest BCUT2D eigenvalue weighted by Gasteiger charge is -2.47. The summed E-state index contributed by atoms with van der Waals surface area (Å²) in [6.07, 6.45) is 1.32. The van der Waals surface area contributed by atoms with Crippen LogP contribution in [-0.4, -0.2) is 62.5 Å². The van der Waals surface area contributed by atoms with Gasteiger partial charge in [-0.25, -0.2) is 4.39 Å². The molecule has 2 atom stereocenters. The van der Waals surface area contributed by atoms with Crippen LogP contribution in [0.3, 0.4) is 0 Å². The first-order valence-electron chi connectivity index (χ1n) is 9.88. The summed E-state index contributed by atoms with van der Waals surface area (Å²) >= 11 is 0. The van der Waals surface area contributed by atoms with Gasteiger partial charge >= 0.3 is 0 Å². The number of carbonyl (C=O) groups excluding carboxylic acids is 2. The molecule has 1 aromatic heterocycles. The van der Waals surface area contributed by atoms with Crippen molar-refractivity contribution in [1.82, 2.24) is 14.8 Å². The third-order valence-electron chi connectivity index (χ3n) is 6.02. The summed E-state index contributed by atoms with van der Waals surface area (Å²) in [7, 11) is 2.72. The average molecular weight is 440 g/mol. The first kappa shape index (κ1) is 21.4. The molecule has 1 aliphatic heterocycles. The van der Waals surface area contributed by atoms with Crippen LogP contribution in [0.5, 0.6) is 0 Å². The fourth-order valence-electron chi connectivity index (χ4n) is 4.25. The molecular weight excluding hydrogens is 419 g/mol. The number of benzene rings is 2. The second kappa shape index (κ2) is 7.72. The van der Waals surface area contributed by atoms with Crippen LogP contribution in [0.15, 0.2) is 48.7 Å². The Hall–Kier alpha value is -3.79. The molecule has 9 nitrogen and oxygen atoms in total. The number of amides is 2. The molecule has 2 aromatic carbocycles. The molecule has 2 heterocycles. The number of halogens is 1. The van der Waals surface area contributed by atoms with Crippen molar-refractivity contribution in [2.75, 3.05) is 14.1 Å². The van der Waals surface area contributed by atoms with Crippen molar-refractivity contribution >= 4 is 28.4 Å². The van der Waals surface area contributed by atoms with Crippen LogP contribution in [0.2, 0.25) is 0 Å². The molecule has 0 radical (unpaired) electrons. The number of piperazine rings is 1. The fraction of sp³-hybridized carbons (Fsp3) is 0.273. The lowest BCUT2D eigenvalue weighted by atomic mass is 9.92. The molecule has 1 fully saturated rings. The van der Waals surface area contributed by atoms with E-state index in [9.17, 15) is 29.2 Å². The monoisotopic (exact) mass is 440 g/mol. The first-order valence-corrected chi connectivity index (χ1v) is 9.88. The van der Waals surface area contributed by atoms with E-state index < -0.39 is 34.3 Å². The van der Waals surface area contributed by atoms with E-state index in [0.29, 0.717) is 22.0 Å². The number of aliphatic hydroxyl groups is 1. The maximum atomic E-state index is 13.6. The molecule has 0 bridgehead atoms. The summed E-state index contributed by atoms with van der Waals surface area (Å²) in [5, 5.41) is 23.0. The Morgan fingerprint density at radius 3 is 2.62 bits per heavy atom. The second-order valence-corrected chi connectivity index (χ2v) is 7.93. The predicted molar refractivity (Wildman–Crippen MR) is 113 cm³/mol. The fourth-order valence-corrected chi connectivity index (χ4v) is 4.25. The number of nitrogens with one attached hydrogen (secondary N) is 1. The van der Waals surface area contributed by atoms with Gasteiger partial charge in [0.1, 0.15) is 11.9 Å². The van der Waals surface area contributed by atoms with Crippen molar-refractivity contribution < 1.29 is 24.0 Å². The molecule has 10 heteroatoms. The maximum Gasteiger partial charge on any atom is 0.279 e. The quantitative estimate of drug-likeness (QED) is 0.464. The molecule has 0 spiro atoms. The lowest BCUT2D eigenvalue weighted by Crippen LogP contribution is -2.70. The summed E-state index contributed by atoms with van der Waals surface area (Å²) in [6, 6.07) is 9.10. The minimum Gasteiger partial charge on any atom is -0.363 e. The zero-order chi connectivity index (χ0) is 23.2. The molecular formula is C22H21FN4O5. The van der Waals surface area contributed by atoms with Crippen molar-refractivity contribution in [2.24, 2.45) is 0 Å². The molecule has 3 aromatic rings. The van der Waals surface area contributed by atoms with E-state index in [1.165, 1.54) is 38.4 Å². The number of H-pyrrole nitrogens is 1. The molecule has 166 valence electrons. The molecule has 0 unspecified atom stereocenters. The van der Waals surface area contributed by atoms with Crippen LogP contribution in [-0.2, 0) is 22.4 Å². The van der Waals surface area contributed by atoms with Gasteiger partial charge in [0.25, 0.3) is 11.6 Å². The minimum atomic E-state index is -2.18. The van der Waals surface area contributed by atoms with Gasteiger partial charge in [0.2, 0.25) is 11.6 Å². The third kappa shape index (κ3) is 3.38. The minimum absolute atomic E-state index is 0.0202. The van der Waals surface area contributed by atoms with Gasteiger partial charge in [-0.1, -0.05) is 18.2 Å². The van der Waals surface area contributed by atoms with Crippen molar-refractivity contribution in [1.29, 1.82) is 0 Å². The number of fused-ring (bicyclic) bond motifs is 1.